The molecule has 100 valence electrons. The monoisotopic (exact) mass is 272 g/mol. The van der Waals surface area contributed by atoms with Gasteiger partial charge in [-0.15, -0.1) is 0 Å². The molecule has 0 aliphatic rings. The van der Waals surface area contributed by atoms with Gasteiger partial charge in [0.1, 0.15) is 7.14 Å². The Morgan fingerprint density at radius 1 is 0.842 bits per heavy atom. The van der Waals surface area contributed by atoms with Crippen LogP contribution in [0.1, 0.15) is 26.3 Å². The van der Waals surface area contributed by atoms with Crippen LogP contribution in [0.4, 0.5) is 0 Å². The molecular weight excluding hydrogens is 251 g/mol. The third-order valence-corrected chi connectivity index (χ3v) is 6.01. The Kier molecular flexibility index (Phi) is 3.69. The van der Waals surface area contributed by atoms with E-state index in [1.807, 2.05) is 55.2 Å². The van der Waals surface area contributed by atoms with Crippen LogP contribution in [-0.4, -0.2) is 6.66 Å². The van der Waals surface area contributed by atoms with Crippen LogP contribution in [0.25, 0.3) is 0 Å². The molecule has 0 spiro atoms. The van der Waals surface area contributed by atoms with Gasteiger partial charge in [0.05, 0.1) is 0 Å². The van der Waals surface area contributed by atoms with Crippen LogP contribution in [0, 0.1) is 0 Å². The van der Waals surface area contributed by atoms with Gasteiger partial charge in [-0.2, -0.15) is 0 Å². The van der Waals surface area contributed by atoms with E-state index in [9.17, 15) is 4.57 Å². The molecule has 2 rings (SSSR count). The molecule has 0 amide bonds. The van der Waals surface area contributed by atoms with E-state index in [0.717, 1.165) is 10.6 Å². The van der Waals surface area contributed by atoms with E-state index in [4.69, 9.17) is 0 Å². The van der Waals surface area contributed by atoms with Crippen molar-refractivity contribution in [2.45, 2.75) is 26.2 Å². The lowest BCUT2D eigenvalue weighted by Crippen LogP contribution is -2.26. The van der Waals surface area contributed by atoms with Crippen LogP contribution in [0.2, 0.25) is 0 Å². The normalized spacial score (nSPS) is 14.9. The lowest BCUT2D eigenvalue weighted by atomic mass is 9.87. The summed E-state index contributed by atoms with van der Waals surface area (Å²) in [5, 5.41) is 1.90. The largest absolute Gasteiger partial charge is 0.314 e. The average Bonchev–Trinajstić information content (AvgIpc) is 2.39. The van der Waals surface area contributed by atoms with Crippen molar-refractivity contribution < 1.29 is 4.57 Å². The van der Waals surface area contributed by atoms with E-state index >= 15 is 0 Å². The number of benzene rings is 2. The minimum atomic E-state index is -2.53. The molecule has 0 heterocycles. The third kappa shape index (κ3) is 2.82. The second kappa shape index (κ2) is 4.98. The van der Waals surface area contributed by atoms with Crippen molar-refractivity contribution in [3.63, 3.8) is 0 Å². The van der Waals surface area contributed by atoms with Crippen molar-refractivity contribution in [3.8, 4) is 0 Å². The number of hydrogen-bond donors (Lipinski definition) is 0. The predicted octanol–water partition coefficient (Wildman–Crippen LogP) is 3.93. The van der Waals surface area contributed by atoms with Gasteiger partial charge >= 0.3 is 0 Å². The Morgan fingerprint density at radius 3 is 1.95 bits per heavy atom. The Labute approximate surface area is 116 Å². The molecule has 0 aliphatic carbocycles. The molecule has 2 heteroatoms. The number of rotatable bonds is 2. The molecule has 0 aliphatic heterocycles. The second-order valence-corrected chi connectivity index (χ2v) is 8.87. The van der Waals surface area contributed by atoms with Gasteiger partial charge in [-0.3, -0.25) is 0 Å². The first-order valence-electron chi connectivity index (χ1n) is 6.57. The molecule has 0 N–H and O–H groups in total. The van der Waals surface area contributed by atoms with Gasteiger partial charge in [0, 0.05) is 10.6 Å². The predicted molar refractivity (Wildman–Crippen MR) is 84.4 cm³/mol. The molecule has 2 aromatic rings. The molecule has 2 aromatic carbocycles. The summed E-state index contributed by atoms with van der Waals surface area (Å²) in [5.74, 6) is 0. The average molecular weight is 272 g/mol. The minimum Gasteiger partial charge on any atom is -0.314 e. The van der Waals surface area contributed by atoms with Gasteiger partial charge in [0.25, 0.3) is 0 Å². The summed E-state index contributed by atoms with van der Waals surface area (Å²) in [4.78, 5) is 0. The fraction of sp³-hybridized carbons (Fsp3) is 0.294. The fourth-order valence-corrected chi connectivity index (χ4v) is 4.59. The fourth-order valence-electron chi connectivity index (χ4n) is 2.33. The van der Waals surface area contributed by atoms with Gasteiger partial charge < -0.3 is 4.57 Å². The third-order valence-electron chi connectivity index (χ3n) is 3.42. The van der Waals surface area contributed by atoms with Gasteiger partial charge in [-0.25, -0.2) is 0 Å². The van der Waals surface area contributed by atoms with Gasteiger partial charge in [-0.1, -0.05) is 75.4 Å². The van der Waals surface area contributed by atoms with Crippen LogP contribution in [-0.2, 0) is 9.98 Å². The van der Waals surface area contributed by atoms with Crippen molar-refractivity contribution in [2.75, 3.05) is 6.66 Å². The summed E-state index contributed by atoms with van der Waals surface area (Å²) >= 11 is 0. The zero-order chi connectivity index (χ0) is 14.1. The Balaban J connectivity index is 2.63. The van der Waals surface area contributed by atoms with Crippen LogP contribution in [0.3, 0.4) is 0 Å². The summed E-state index contributed by atoms with van der Waals surface area (Å²) in [6, 6.07) is 17.9. The molecule has 0 saturated heterocycles. The summed E-state index contributed by atoms with van der Waals surface area (Å²) in [6.45, 7) is 8.36. The Bertz CT molecular complexity index is 609. The topological polar surface area (TPSA) is 17.1 Å². The van der Waals surface area contributed by atoms with E-state index in [-0.39, 0.29) is 5.41 Å². The van der Waals surface area contributed by atoms with Crippen LogP contribution < -0.4 is 10.6 Å². The molecule has 0 aromatic heterocycles. The molecule has 1 nitrogen and oxygen atoms in total. The first kappa shape index (κ1) is 14.1. The Hall–Kier alpha value is -1.33. The van der Waals surface area contributed by atoms with Crippen molar-refractivity contribution >= 4 is 17.8 Å². The summed E-state index contributed by atoms with van der Waals surface area (Å²) in [6.07, 6.45) is 0. The van der Waals surface area contributed by atoms with Gasteiger partial charge in [0.2, 0.25) is 0 Å². The summed E-state index contributed by atoms with van der Waals surface area (Å²) in [7, 11) is -2.53. The van der Waals surface area contributed by atoms with E-state index in [1.165, 1.54) is 5.56 Å². The van der Waals surface area contributed by atoms with Crippen molar-refractivity contribution in [1.29, 1.82) is 0 Å². The van der Waals surface area contributed by atoms with Crippen LogP contribution in [0.5, 0.6) is 0 Å². The van der Waals surface area contributed by atoms with Crippen LogP contribution >= 0.6 is 7.14 Å². The van der Waals surface area contributed by atoms with Crippen molar-refractivity contribution in [1.82, 2.24) is 0 Å². The summed E-state index contributed by atoms with van der Waals surface area (Å²) in [5.41, 5.74) is 1.17. The molecule has 0 bridgehead atoms. The molecule has 0 radical (unpaired) electrons. The van der Waals surface area contributed by atoms with Gasteiger partial charge in [-0.05, 0) is 17.6 Å². The van der Waals surface area contributed by atoms with Gasteiger partial charge in [0.15, 0.2) is 0 Å². The SMILES string of the molecule is CC(C)(C)c1ccccc1P(C)(=O)c1ccccc1. The van der Waals surface area contributed by atoms with E-state index in [0.29, 0.717) is 0 Å². The molecule has 0 saturated carbocycles. The molecular formula is C17H21OP. The lowest BCUT2D eigenvalue weighted by molar-refractivity contribution is 0.582. The quantitative estimate of drug-likeness (QED) is 0.757. The first-order valence-corrected chi connectivity index (χ1v) is 8.72. The highest BCUT2D eigenvalue weighted by atomic mass is 31.2. The number of hydrogen-bond acceptors (Lipinski definition) is 1. The maximum absolute atomic E-state index is 13.3. The molecule has 1 atom stereocenters. The Morgan fingerprint density at radius 2 is 1.37 bits per heavy atom. The highest BCUT2D eigenvalue weighted by Crippen LogP contribution is 2.41. The standard InChI is InChI=1S/C17H21OP/c1-17(2,3)15-12-8-9-13-16(15)19(4,18)14-10-6-5-7-11-14/h5-13H,1-4H3. The second-order valence-electron chi connectivity index (χ2n) is 6.03. The molecule has 1 unspecified atom stereocenters. The van der Waals surface area contributed by atoms with Crippen molar-refractivity contribution in [3.05, 3.63) is 60.2 Å². The van der Waals surface area contributed by atoms with E-state index < -0.39 is 7.14 Å². The highest BCUT2D eigenvalue weighted by Gasteiger charge is 2.28. The molecule has 0 fully saturated rings. The van der Waals surface area contributed by atoms with E-state index in [1.54, 1.807) is 0 Å². The maximum atomic E-state index is 13.3. The van der Waals surface area contributed by atoms with Crippen molar-refractivity contribution in [2.24, 2.45) is 0 Å². The van der Waals surface area contributed by atoms with Crippen LogP contribution in [0.15, 0.2) is 54.6 Å². The maximum Gasteiger partial charge on any atom is 0.140 e. The summed E-state index contributed by atoms with van der Waals surface area (Å²) < 4.78 is 13.3. The minimum absolute atomic E-state index is 0.00293. The zero-order valence-electron chi connectivity index (χ0n) is 12.1. The highest BCUT2D eigenvalue weighted by molar-refractivity contribution is 7.78. The lowest BCUT2D eigenvalue weighted by Gasteiger charge is -2.26. The smallest absolute Gasteiger partial charge is 0.140 e. The molecule has 19 heavy (non-hydrogen) atoms. The zero-order valence-corrected chi connectivity index (χ0v) is 12.9. The first-order chi connectivity index (χ1) is 8.83. The van der Waals surface area contributed by atoms with E-state index in [2.05, 4.69) is 26.8 Å².